The molecule has 0 saturated heterocycles. The van der Waals surface area contributed by atoms with Gasteiger partial charge in [0, 0.05) is 25.5 Å². The number of fused-ring (bicyclic) bond motifs is 1. The fraction of sp³-hybridized carbons (Fsp3) is 0.500. The Bertz CT molecular complexity index is 821. The highest BCUT2D eigenvalue weighted by Gasteiger charge is 2.16. The molecular formula is C22H34ClN3OS. The molecule has 1 unspecified atom stereocenters. The third kappa shape index (κ3) is 7.19. The molecular weight excluding hydrogens is 390 g/mol. The van der Waals surface area contributed by atoms with Crippen LogP contribution in [0.4, 0.5) is 0 Å². The molecule has 1 atom stereocenters. The average molecular weight is 424 g/mol. The maximum atomic E-state index is 12.7. The summed E-state index contributed by atoms with van der Waals surface area (Å²) in [7, 11) is 0.714. The van der Waals surface area contributed by atoms with E-state index in [0.29, 0.717) is 5.15 Å². The first-order valence-electron chi connectivity index (χ1n) is 9.96. The van der Waals surface area contributed by atoms with Gasteiger partial charge in [-0.25, -0.2) is 8.51 Å². The van der Waals surface area contributed by atoms with E-state index in [1.807, 2.05) is 42.6 Å². The smallest absolute Gasteiger partial charge is 0.158 e. The van der Waals surface area contributed by atoms with Crippen molar-refractivity contribution >= 4 is 33.5 Å². The second kappa shape index (κ2) is 12.9. The van der Waals surface area contributed by atoms with E-state index < -0.39 is 11.0 Å². The Kier molecular flexibility index (Phi) is 11.4. The summed E-state index contributed by atoms with van der Waals surface area (Å²) in [6.45, 7) is 12.2. The number of nitrogens with zero attached hydrogens (tertiary/aromatic N) is 3. The Morgan fingerprint density at radius 2 is 1.89 bits per heavy atom. The van der Waals surface area contributed by atoms with Crippen LogP contribution in [0.3, 0.4) is 0 Å². The number of aryl methyl sites for hydroxylation is 1. The monoisotopic (exact) mass is 423 g/mol. The molecule has 28 heavy (non-hydrogen) atoms. The van der Waals surface area contributed by atoms with Crippen LogP contribution in [0, 0.1) is 0 Å². The van der Waals surface area contributed by atoms with E-state index in [1.54, 1.807) is 4.68 Å². The third-order valence-electron chi connectivity index (χ3n) is 4.29. The lowest BCUT2D eigenvalue weighted by molar-refractivity contribution is 0.442. The molecule has 0 aliphatic rings. The van der Waals surface area contributed by atoms with Gasteiger partial charge in [0.05, 0.1) is 10.4 Å². The number of rotatable bonds is 8. The van der Waals surface area contributed by atoms with Gasteiger partial charge in [0.15, 0.2) is 5.15 Å². The van der Waals surface area contributed by atoms with Gasteiger partial charge < -0.3 is 0 Å². The third-order valence-corrected chi connectivity index (χ3v) is 6.06. The van der Waals surface area contributed by atoms with Gasteiger partial charge in [-0.3, -0.25) is 4.68 Å². The first kappa shape index (κ1) is 24.6. The van der Waals surface area contributed by atoms with Gasteiger partial charge in [-0.15, -0.1) is 0 Å². The molecule has 1 heterocycles. The van der Waals surface area contributed by atoms with Crippen LogP contribution in [0.25, 0.3) is 10.9 Å². The molecule has 156 valence electrons. The van der Waals surface area contributed by atoms with Crippen molar-refractivity contribution < 1.29 is 4.21 Å². The maximum absolute atomic E-state index is 12.7. The first-order valence-corrected chi connectivity index (χ1v) is 11.4. The highest BCUT2D eigenvalue weighted by atomic mass is 35.5. The molecule has 0 radical (unpaired) electrons. The summed E-state index contributed by atoms with van der Waals surface area (Å²) in [5.41, 5.74) is 2.39. The summed E-state index contributed by atoms with van der Waals surface area (Å²) in [5.74, 6) is 0. The minimum absolute atomic E-state index is 0.457. The van der Waals surface area contributed by atoms with Crippen molar-refractivity contribution in [2.24, 2.45) is 7.05 Å². The van der Waals surface area contributed by atoms with E-state index in [9.17, 15) is 4.21 Å². The largest absolute Gasteiger partial charge is 0.266 e. The molecule has 4 nitrogen and oxygen atoms in total. The fourth-order valence-electron chi connectivity index (χ4n) is 2.61. The predicted molar refractivity (Wildman–Crippen MR) is 123 cm³/mol. The molecule has 2 aromatic rings. The van der Waals surface area contributed by atoms with Crippen molar-refractivity contribution in [3.63, 3.8) is 0 Å². The lowest BCUT2D eigenvalue weighted by Gasteiger charge is -2.19. The maximum Gasteiger partial charge on any atom is 0.158 e. The topological polar surface area (TPSA) is 38.1 Å². The zero-order chi connectivity index (χ0) is 21.1. The standard InChI is InChI=1S/C14H20ClN3OS.C8H14/c1-4-8-18(9-5-2)20(19)11-6-7-13-12(10-11)14(15)16-17(13)3;1-4-6-7-8(3)5-2/h6-7,10H,4-5,8-9H2,1-3H3;4,6-7H,5H2,1-3H3/b;6-4-,8-7-. The number of hydrogen-bond acceptors (Lipinski definition) is 2. The van der Waals surface area contributed by atoms with Crippen molar-refractivity contribution in [2.45, 2.75) is 58.8 Å². The van der Waals surface area contributed by atoms with Crippen LogP contribution >= 0.6 is 11.6 Å². The van der Waals surface area contributed by atoms with Crippen molar-refractivity contribution in [3.8, 4) is 0 Å². The van der Waals surface area contributed by atoms with Gasteiger partial charge in [-0.1, -0.05) is 56.2 Å². The average Bonchev–Trinajstić information content (AvgIpc) is 2.99. The summed E-state index contributed by atoms with van der Waals surface area (Å²) in [4.78, 5) is 0.786. The van der Waals surface area contributed by atoms with E-state index in [-0.39, 0.29) is 0 Å². The zero-order valence-electron chi connectivity index (χ0n) is 18.0. The number of hydrogen-bond donors (Lipinski definition) is 0. The van der Waals surface area contributed by atoms with Crippen LogP contribution in [-0.4, -0.2) is 31.4 Å². The molecule has 0 fully saturated rings. The van der Waals surface area contributed by atoms with Crippen LogP contribution in [0.1, 0.15) is 53.9 Å². The van der Waals surface area contributed by atoms with Gasteiger partial charge in [-0.2, -0.15) is 5.10 Å². The van der Waals surface area contributed by atoms with Gasteiger partial charge in [-0.05, 0) is 51.3 Å². The second-order valence-electron chi connectivity index (χ2n) is 6.66. The predicted octanol–water partition coefficient (Wildman–Crippen LogP) is 6.29. The summed E-state index contributed by atoms with van der Waals surface area (Å²) >= 11 is 6.11. The van der Waals surface area contributed by atoms with Gasteiger partial charge in [0.1, 0.15) is 11.0 Å². The van der Waals surface area contributed by atoms with E-state index in [2.05, 4.69) is 44.9 Å². The molecule has 0 bridgehead atoms. The summed E-state index contributed by atoms with van der Waals surface area (Å²) < 4.78 is 16.4. The molecule has 0 saturated carbocycles. The van der Waals surface area contributed by atoms with E-state index in [1.165, 1.54) is 5.57 Å². The van der Waals surface area contributed by atoms with E-state index in [4.69, 9.17) is 11.6 Å². The lowest BCUT2D eigenvalue weighted by Crippen LogP contribution is -2.27. The fourth-order valence-corrected chi connectivity index (χ4v) is 4.28. The van der Waals surface area contributed by atoms with Crippen molar-refractivity contribution in [1.29, 1.82) is 0 Å². The Morgan fingerprint density at radius 3 is 2.43 bits per heavy atom. The van der Waals surface area contributed by atoms with Crippen molar-refractivity contribution in [2.75, 3.05) is 13.1 Å². The Morgan fingerprint density at radius 1 is 1.25 bits per heavy atom. The van der Waals surface area contributed by atoms with Gasteiger partial charge >= 0.3 is 0 Å². The Hall–Kier alpha value is -1.43. The lowest BCUT2D eigenvalue weighted by atomic mass is 10.2. The molecule has 0 N–H and O–H groups in total. The van der Waals surface area contributed by atoms with E-state index >= 15 is 0 Å². The van der Waals surface area contributed by atoms with Crippen LogP contribution in [0.15, 0.2) is 46.9 Å². The summed E-state index contributed by atoms with van der Waals surface area (Å²) in [5, 5.41) is 5.49. The molecule has 6 heteroatoms. The van der Waals surface area contributed by atoms with Crippen LogP contribution < -0.4 is 0 Å². The van der Waals surface area contributed by atoms with Crippen LogP contribution in [-0.2, 0) is 18.0 Å². The molecule has 0 amide bonds. The normalized spacial score (nSPS) is 13.2. The summed E-state index contributed by atoms with van der Waals surface area (Å²) in [6, 6.07) is 5.71. The van der Waals surface area contributed by atoms with Crippen molar-refractivity contribution in [1.82, 2.24) is 14.1 Å². The SMILES string of the molecule is C/C=C\C=C(\C)CC.CCCN(CCC)S(=O)c1ccc2c(c1)c(Cl)nn2C. The quantitative estimate of drug-likeness (QED) is 0.468. The first-order chi connectivity index (χ1) is 13.4. The minimum atomic E-state index is -1.14. The second-order valence-corrected chi connectivity index (χ2v) is 8.51. The number of aromatic nitrogens is 2. The van der Waals surface area contributed by atoms with Gasteiger partial charge in [0.25, 0.3) is 0 Å². The molecule has 0 spiro atoms. The Balaban J connectivity index is 0.000000416. The van der Waals surface area contributed by atoms with Crippen LogP contribution in [0.5, 0.6) is 0 Å². The van der Waals surface area contributed by atoms with Gasteiger partial charge in [0.2, 0.25) is 0 Å². The number of allylic oxidation sites excluding steroid dienone is 4. The number of benzene rings is 1. The Labute approximate surface area is 177 Å². The molecule has 2 rings (SSSR count). The van der Waals surface area contributed by atoms with Crippen molar-refractivity contribution in [3.05, 3.63) is 47.2 Å². The molecule has 0 aliphatic heterocycles. The summed E-state index contributed by atoms with van der Waals surface area (Å²) in [6.07, 6.45) is 9.38. The highest BCUT2D eigenvalue weighted by molar-refractivity contribution is 7.82. The minimum Gasteiger partial charge on any atom is -0.266 e. The zero-order valence-corrected chi connectivity index (χ0v) is 19.6. The molecule has 0 aliphatic carbocycles. The molecule has 1 aromatic heterocycles. The molecule has 1 aromatic carbocycles. The highest BCUT2D eigenvalue weighted by Crippen LogP contribution is 2.25. The number of halogens is 1. The van der Waals surface area contributed by atoms with E-state index in [0.717, 1.165) is 48.2 Å². The van der Waals surface area contributed by atoms with Crippen LogP contribution in [0.2, 0.25) is 5.15 Å².